The molecule has 4 aliphatic carbocycles. The number of hydrogen-bond acceptors (Lipinski definition) is 20. The maximum absolute atomic E-state index is 12.2. The van der Waals surface area contributed by atoms with Gasteiger partial charge in [0, 0.05) is 0 Å². The Labute approximate surface area is 422 Å². The van der Waals surface area contributed by atoms with Crippen LogP contribution in [-0.2, 0) is 95.4 Å². The lowest BCUT2D eigenvalue weighted by Gasteiger charge is -2.23. The Morgan fingerprint density at radius 3 is 1.22 bits per heavy atom. The molecule has 9 aliphatic rings. The minimum atomic E-state index is -0.660. The lowest BCUT2D eigenvalue weighted by Crippen LogP contribution is -2.34. The fourth-order valence-corrected chi connectivity index (χ4v) is 11.8. The molecule has 0 aromatic heterocycles. The van der Waals surface area contributed by atoms with E-state index >= 15 is 0 Å². The number of allylic oxidation sites excluding steroid dienone is 6. The standard InChI is InChI=1S/C20H24O6.C12H18O2.C11H14O4.C8H6O4.2CO2/c1-5-11-9-12(15(10(11)3)18(21)24-4)7-8-14-17-16(13(6-2)25-14)19(22)26-20(17)23;1-5-9-7-10(6-2)11(8(9)3)12(13)14-4;1-14-10(12)8-6-3-4-7(5-6)9(8)11(13)15-2;9-7-5-3-1-2-4(11-3)6(5)8(10)12-7;2*2-1-3/h5-8,10-17H,1-2,9H2,3-4H3;5-6,8-11H,1-2,7H2,3-4H3;3-4,6-9H,5H2,1-2H3;1-6H;;. The maximum atomic E-state index is 12.2. The van der Waals surface area contributed by atoms with Gasteiger partial charge in [-0.1, -0.05) is 74.6 Å². The van der Waals surface area contributed by atoms with Crippen LogP contribution < -0.4 is 0 Å². The fraction of sp³-hybridized carbons (Fsp3) is 0.547. The molecule has 0 spiro atoms. The first kappa shape index (κ1) is 58.6. The topological polar surface area (TPSA) is 279 Å². The number of fused-ring (bicyclic) bond motifs is 8. The quantitative estimate of drug-likeness (QED) is 0.130. The predicted octanol–water partition coefficient (Wildman–Crippen LogP) is 3.72. The van der Waals surface area contributed by atoms with Crippen molar-refractivity contribution >= 4 is 60.1 Å². The molecule has 20 heteroatoms. The second-order valence-corrected chi connectivity index (χ2v) is 18.6. The van der Waals surface area contributed by atoms with E-state index in [0.717, 1.165) is 19.3 Å². The highest BCUT2D eigenvalue weighted by Gasteiger charge is 2.60. The maximum Gasteiger partial charge on any atom is 0.373 e. The predicted molar refractivity (Wildman–Crippen MR) is 247 cm³/mol. The van der Waals surface area contributed by atoms with Gasteiger partial charge < -0.3 is 37.9 Å². The van der Waals surface area contributed by atoms with Gasteiger partial charge in [-0.2, -0.15) is 19.2 Å². The highest BCUT2D eigenvalue weighted by atomic mass is 16.6. The first-order valence-electron chi connectivity index (χ1n) is 23.5. The Morgan fingerprint density at radius 2 is 0.836 bits per heavy atom. The molecule has 5 heterocycles. The number of carbonyl (C=O) groups excluding carboxylic acids is 12. The molecular weight excluding hydrogens is 957 g/mol. The van der Waals surface area contributed by atoms with Crippen LogP contribution in [-0.4, -0.2) is 113 Å². The third kappa shape index (κ3) is 12.4. The van der Waals surface area contributed by atoms with E-state index in [1.54, 1.807) is 6.08 Å². The Balaban J connectivity index is 0.000000212. The highest BCUT2D eigenvalue weighted by molar-refractivity contribution is 5.99. The molecule has 20 atom stereocenters. The Morgan fingerprint density at radius 1 is 0.479 bits per heavy atom. The van der Waals surface area contributed by atoms with E-state index in [1.807, 2.05) is 55.5 Å². The third-order valence-electron chi connectivity index (χ3n) is 15.3. The van der Waals surface area contributed by atoms with Gasteiger partial charge in [0.1, 0.15) is 23.7 Å². The average Bonchev–Trinajstić information content (AvgIpc) is 4.28. The number of esters is 8. The van der Waals surface area contributed by atoms with Crippen LogP contribution in [0.25, 0.3) is 0 Å². The van der Waals surface area contributed by atoms with E-state index in [2.05, 4.69) is 38.0 Å². The van der Waals surface area contributed by atoms with Crippen LogP contribution >= 0.6 is 0 Å². The average molecular weight is 1020 g/mol. The number of carbonyl (C=O) groups is 8. The lowest BCUT2D eigenvalue weighted by atomic mass is 9.83. The van der Waals surface area contributed by atoms with Crippen molar-refractivity contribution in [1.29, 1.82) is 0 Å². The van der Waals surface area contributed by atoms with Crippen LogP contribution in [0.2, 0.25) is 0 Å². The molecule has 394 valence electrons. The monoisotopic (exact) mass is 1020 g/mol. The van der Waals surface area contributed by atoms with Crippen LogP contribution in [0, 0.1) is 94.7 Å². The van der Waals surface area contributed by atoms with Gasteiger partial charge in [0.2, 0.25) is 0 Å². The van der Waals surface area contributed by atoms with Crippen LogP contribution in [0.5, 0.6) is 0 Å². The summed E-state index contributed by atoms with van der Waals surface area (Å²) in [6.07, 6.45) is 20.1. The van der Waals surface area contributed by atoms with E-state index in [1.165, 1.54) is 34.5 Å². The van der Waals surface area contributed by atoms with Gasteiger partial charge in [0.15, 0.2) is 0 Å². The van der Waals surface area contributed by atoms with Crippen molar-refractivity contribution < 1.29 is 95.4 Å². The molecule has 9 rings (SSSR count). The molecule has 0 N–H and O–H groups in total. The molecule has 20 nitrogen and oxygen atoms in total. The van der Waals surface area contributed by atoms with Crippen LogP contribution in [0.3, 0.4) is 0 Å². The summed E-state index contributed by atoms with van der Waals surface area (Å²) in [7, 11) is 5.53. The summed E-state index contributed by atoms with van der Waals surface area (Å²) >= 11 is 0. The van der Waals surface area contributed by atoms with Crippen LogP contribution in [0.15, 0.2) is 87.1 Å². The van der Waals surface area contributed by atoms with Gasteiger partial charge in [-0.15, -0.1) is 26.3 Å². The zero-order chi connectivity index (χ0) is 54.4. The molecule has 4 saturated heterocycles. The second-order valence-electron chi connectivity index (χ2n) is 18.6. The fourth-order valence-electron chi connectivity index (χ4n) is 11.8. The first-order chi connectivity index (χ1) is 34.9. The van der Waals surface area contributed by atoms with Crippen molar-refractivity contribution in [3.63, 3.8) is 0 Å². The minimum absolute atomic E-state index is 0.0412. The molecule has 5 aliphatic heterocycles. The molecule has 73 heavy (non-hydrogen) atoms. The van der Waals surface area contributed by atoms with E-state index in [9.17, 15) is 38.4 Å². The summed E-state index contributed by atoms with van der Waals surface area (Å²) in [5.41, 5.74) is 0. The Kier molecular flexibility index (Phi) is 21.4. The van der Waals surface area contributed by atoms with Crippen LogP contribution in [0.1, 0.15) is 33.1 Å². The molecule has 7 fully saturated rings. The Hall–Kier alpha value is -6.98. The number of cyclic esters (lactones) is 4. The summed E-state index contributed by atoms with van der Waals surface area (Å²) in [4.78, 5) is 126. The largest absolute Gasteiger partial charge is 0.469 e. The molecule has 0 aromatic rings. The zero-order valence-corrected chi connectivity index (χ0v) is 41.4. The van der Waals surface area contributed by atoms with Gasteiger partial charge in [0.25, 0.3) is 0 Å². The first-order valence-corrected chi connectivity index (χ1v) is 23.5. The van der Waals surface area contributed by atoms with Gasteiger partial charge in [-0.3, -0.25) is 38.4 Å². The summed E-state index contributed by atoms with van der Waals surface area (Å²) in [5.74, 6) is -4.48. The van der Waals surface area contributed by atoms with Crippen LogP contribution in [0.4, 0.5) is 0 Å². The van der Waals surface area contributed by atoms with Gasteiger partial charge in [-0.25, -0.2) is 0 Å². The number of methoxy groups -OCH3 is 4. The summed E-state index contributed by atoms with van der Waals surface area (Å²) in [6.45, 7) is 19.2. The molecular formula is C53H62O20. The normalized spacial score (nSPS) is 37.6. The lowest BCUT2D eigenvalue weighted by molar-refractivity contribution is -0.193. The molecule has 0 amide bonds. The molecule has 0 aromatic carbocycles. The third-order valence-corrected chi connectivity index (χ3v) is 15.3. The van der Waals surface area contributed by atoms with Crippen molar-refractivity contribution in [2.75, 3.05) is 28.4 Å². The molecule has 4 bridgehead atoms. The Bertz CT molecular complexity index is 2230. The molecule has 3 saturated carbocycles. The van der Waals surface area contributed by atoms with Crippen molar-refractivity contribution in [3.8, 4) is 0 Å². The number of ether oxygens (including phenoxy) is 8. The van der Waals surface area contributed by atoms with E-state index < -0.39 is 47.9 Å². The van der Waals surface area contributed by atoms with Crippen molar-refractivity contribution in [2.24, 2.45) is 94.7 Å². The highest BCUT2D eigenvalue weighted by Crippen LogP contribution is 2.50. The molecule has 20 unspecified atom stereocenters. The zero-order valence-electron chi connectivity index (χ0n) is 41.4. The van der Waals surface area contributed by atoms with Crippen molar-refractivity contribution in [3.05, 3.63) is 87.1 Å². The SMILES string of the molecule is C=CC1CC(C=C)C(C(=O)OC)C1C.C=CC1CC(C=CC2OC(C=C)C3C(=O)OC(=O)C23)C(C(=O)OC)C1C.COC(=O)C1C2C=CC(C2)C1C(=O)OC.O=C1OC(=O)C2C3C=CC(O3)C12.O=C=O.O=C=O. The summed E-state index contributed by atoms with van der Waals surface area (Å²) in [5, 5.41) is 0. The van der Waals surface area contributed by atoms with Gasteiger partial charge >= 0.3 is 60.1 Å². The minimum Gasteiger partial charge on any atom is -0.469 e. The van der Waals surface area contributed by atoms with Crippen molar-refractivity contribution in [2.45, 2.75) is 57.5 Å². The summed E-state index contributed by atoms with van der Waals surface area (Å²) < 4.78 is 39.7. The molecule has 0 radical (unpaired) electrons. The smallest absolute Gasteiger partial charge is 0.373 e. The summed E-state index contributed by atoms with van der Waals surface area (Å²) in [6, 6.07) is 0. The van der Waals surface area contributed by atoms with E-state index in [0.29, 0.717) is 11.8 Å². The van der Waals surface area contributed by atoms with E-state index in [4.69, 9.17) is 52.3 Å². The number of hydrogen-bond donors (Lipinski definition) is 0. The van der Waals surface area contributed by atoms with Crippen molar-refractivity contribution in [1.82, 2.24) is 0 Å². The number of rotatable bonds is 10. The second kappa shape index (κ2) is 26.6. The van der Waals surface area contributed by atoms with Gasteiger partial charge in [0.05, 0.1) is 76.5 Å². The van der Waals surface area contributed by atoms with Gasteiger partial charge in [-0.05, 0) is 66.6 Å². The van der Waals surface area contributed by atoms with E-state index in [-0.39, 0.29) is 119 Å².